The van der Waals surface area contributed by atoms with E-state index in [2.05, 4.69) is 68.7 Å². The van der Waals surface area contributed by atoms with Gasteiger partial charge in [0.1, 0.15) is 5.52 Å². The maximum atomic E-state index is 11.4. The van der Waals surface area contributed by atoms with Gasteiger partial charge in [0.05, 0.1) is 6.54 Å². The molecule has 8 nitrogen and oxygen atoms in total. The van der Waals surface area contributed by atoms with E-state index >= 15 is 0 Å². The topological polar surface area (TPSA) is 102 Å². The molecular weight excluding hydrogens is 416 g/mol. The van der Waals surface area contributed by atoms with Crippen molar-refractivity contribution in [2.24, 2.45) is 0 Å². The number of fused-ring (bicyclic) bond motifs is 1. The average molecular weight is 441 g/mol. The predicted octanol–water partition coefficient (Wildman–Crippen LogP) is 4.54. The van der Waals surface area contributed by atoms with Crippen LogP contribution in [0.15, 0.2) is 63.9 Å². The molecule has 0 saturated carbocycles. The second-order valence-electron chi connectivity index (χ2n) is 7.99. The van der Waals surface area contributed by atoms with Gasteiger partial charge in [0.25, 0.3) is 0 Å². The molecule has 0 fully saturated rings. The van der Waals surface area contributed by atoms with Crippen LogP contribution in [0.1, 0.15) is 23.7 Å². The van der Waals surface area contributed by atoms with Gasteiger partial charge in [-0.15, -0.1) is 0 Å². The Morgan fingerprint density at radius 3 is 2.48 bits per heavy atom. The summed E-state index contributed by atoms with van der Waals surface area (Å²) in [6.45, 7) is 7.56. The summed E-state index contributed by atoms with van der Waals surface area (Å²) in [7, 11) is 0. The SMILES string of the molecule is CCNc1nc2c(C)cc(C)nc2n1Cc1ccc(-c2ccccc2-c2noc(=O)[nH]2)cc1. The molecule has 0 saturated heterocycles. The first-order valence-corrected chi connectivity index (χ1v) is 10.9. The fourth-order valence-corrected chi connectivity index (χ4v) is 4.11. The minimum atomic E-state index is -0.571. The predicted molar refractivity (Wildman–Crippen MR) is 128 cm³/mol. The number of aromatic nitrogens is 5. The van der Waals surface area contributed by atoms with E-state index in [1.807, 2.05) is 31.2 Å². The highest BCUT2D eigenvalue weighted by Crippen LogP contribution is 2.30. The van der Waals surface area contributed by atoms with Crippen LogP contribution in [0.25, 0.3) is 33.7 Å². The van der Waals surface area contributed by atoms with Crippen LogP contribution in [0.3, 0.4) is 0 Å². The molecule has 0 aliphatic carbocycles. The van der Waals surface area contributed by atoms with Crippen LogP contribution in [0.5, 0.6) is 0 Å². The van der Waals surface area contributed by atoms with E-state index in [9.17, 15) is 4.79 Å². The van der Waals surface area contributed by atoms with Crippen molar-refractivity contribution >= 4 is 17.1 Å². The molecule has 0 radical (unpaired) electrons. The monoisotopic (exact) mass is 440 g/mol. The summed E-state index contributed by atoms with van der Waals surface area (Å²) in [5.41, 5.74) is 7.81. The highest BCUT2D eigenvalue weighted by Gasteiger charge is 2.15. The molecule has 0 atom stereocenters. The van der Waals surface area contributed by atoms with Gasteiger partial charge in [-0.2, -0.15) is 0 Å². The van der Waals surface area contributed by atoms with Crippen LogP contribution >= 0.6 is 0 Å². The minimum absolute atomic E-state index is 0.414. The van der Waals surface area contributed by atoms with Gasteiger partial charge in [0.15, 0.2) is 11.5 Å². The van der Waals surface area contributed by atoms with Gasteiger partial charge in [-0.1, -0.05) is 53.7 Å². The van der Waals surface area contributed by atoms with E-state index in [1.54, 1.807) is 0 Å². The van der Waals surface area contributed by atoms with Crippen LogP contribution in [-0.2, 0) is 6.54 Å². The van der Waals surface area contributed by atoms with E-state index in [1.165, 1.54) is 0 Å². The van der Waals surface area contributed by atoms with Gasteiger partial charge < -0.3 is 5.32 Å². The molecule has 0 amide bonds. The standard InChI is InChI=1S/C25H24N6O2/c1-4-26-24-28-21-15(2)13-16(3)27-23(21)31(24)14-17-9-11-18(12-10-17)19-7-5-6-8-20(19)22-29-25(32)33-30-22/h5-13H,4,14H2,1-3H3,(H,26,28)(H,29,30,32). The molecule has 0 bridgehead atoms. The first kappa shape index (κ1) is 20.7. The second kappa shape index (κ2) is 8.38. The molecule has 0 aliphatic heterocycles. The molecule has 3 heterocycles. The molecule has 3 aromatic heterocycles. The molecule has 5 rings (SSSR count). The molecule has 33 heavy (non-hydrogen) atoms. The van der Waals surface area contributed by atoms with E-state index < -0.39 is 5.76 Å². The fraction of sp³-hybridized carbons (Fsp3) is 0.200. The van der Waals surface area contributed by atoms with Gasteiger partial charge in [-0.05, 0) is 49.1 Å². The third-order valence-corrected chi connectivity index (χ3v) is 5.59. The van der Waals surface area contributed by atoms with Crippen molar-refractivity contribution in [3.63, 3.8) is 0 Å². The Morgan fingerprint density at radius 2 is 1.79 bits per heavy atom. The number of rotatable bonds is 6. The normalized spacial score (nSPS) is 11.2. The van der Waals surface area contributed by atoms with Crippen molar-refractivity contribution in [1.29, 1.82) is 0 Å². The number of aryl methyl sites for hydroxylation is 2. The van der Waals surface area contributed by atoms with E-state index in [0.717, 1.165) is 57.2 Å². The van der Waals surface area contributed by atoms with Crippen LogP contribution in [0.2, 0.25) is 0 Å². The zero-order chi connectivity index (χ0) is 22.9. The maximum absolute atomic E-state index is 11.4. The maximum Gasteiger partial charge on any atom is 0.439 e. The summed E-state index contributed by atoms with van der Waals surface area (Å²) < 4.78 is 6.82. The number of hydrogen-bond donors (Lipinski definition) is 2. The lowest BCUT2D eigenvalue weighted by Crippen LogP contribution is -2.08. The summed E-state index contributed by atoms with van der Waals surface area (Å²) in [4.78, 5) is 23.6. The summed E-state index contributed by atoms with van der Waals surface area (Å²) >= 11 is 0. The molecule has 0 aliphatic rings. The molecule has 166 valence electrons. The number of anilines is 1. The van der Waals surface area contributed by atoms with Crippen LogP contribution in [0, 0.1) is 13.8 Å². The third kappa shape index (κ3) is 3.91. The Labute approximate surface area is 190 Å². The number of hydrogen-bond acceptors (Lipinski definition) is 6. The molecule has 0 unspecified atom stereocenters. The largest absolute Gasteiger partial charge is 0.439 e. The summed E-state index contributed by atoms with van der Waals surface area (Å²) in [5.74, 6) is 0.660. The highest BCUT2D eigenvalue weighted by molar-refractivity contribution is 5.81. The fourth-order valence-electron chi connectivity index (χ4n) is 4.11. The Balaban J connectivity index is 1.51. The summed E-state index contributed by atoms with van der Waals surface area (Å²) in [6.07, 6.45) is 0. The number of imidazole rings is 1. The summed E-state index contributed by atoms with van der Waals surface area (Å²) in [6, 6.07) is 18.2. The van der Waals surface area contributed by atoms with Gasteiger partial charge in [-0.25, -0.2) is 14.8 Å². The van der Waals surface area contributed by atoms with Crippen molar-refractivity contribution in [1.82, 2.24) is 24.7 Å². The van der Waals surface area contributed by atoms with Crippen LogP contribution in [0.4, 0.5) is 5.95 Å². The smallest absolute Gasteiger partial charge is 0.356 e. The van der Waals surface area contributed by atoms with Crippen molar-refractivity contribution < 1.29 is 4.52 Å². The average Bonchev–Trinajstić information content (AvgIpc) is 3.39. The lowest BCUT2D eigenvalue weighted by Gasteiger charge is -2.11. The van der Waals surface area contributed by atoms with Gasteiger partial charge in [-0.3, -0.25) is 14.1 Å². The molecule has 5 aromatic rings. The zero-order valence-corrected chi connectivity index (χ0v) is 18.7. The lowest BCUT2D eigenvalue weighted by atomic mass is 9.98. The Kier molecular flexibility index (Phi) is 5.26. The molecular formula is C25H24N6O2. The van der Waals surface area contributed by atoms with Crippen molar-refractivity contribution in [3.05, 3.63) is 82.0 Å². The third-order valence-electron chi connectivity index (χ3n) is 5.59. The number of nitrogens with zero attached hydrogens (tertiary/aromatic N) is 4. The van der Waals surface area contributed by atoms with Crippen LogP contribution in [-0.4, -0.2) is 31.2 Å². The molecule has 8 heteroatoms. The number of benzene rings is 2. The number of H-pyrrole nitrogens is 1. The van der Waals surface area contributed by atoms with Gasteiger partial charge >= 0.3 is 5.76 Å². The van der Waals surface area contributed by atoms with Gasteiger partial charge in [0, 0.05) is 17.8 Å². The zero-order valence-electron chi connectivity index (χ0n) is 18.7. The van der Waals surface area contributed by atoms with Crippen molar-refractivity contribution in [2.75, 3.05) is 11.9 Å². The summed E-state index contributed by atoms with van der Waals surface area (Å²) in [5, 5.41) is 7.21. The Bertz CT molecular complexity index is 1490. The van der Waals surface area contributed by atoms with E-state index in [0.29, 0.717) is 12.4 Å². The minimum Gasteiger partial charge on any atom is -0.356 e. The first-order chi connectivity index (χ1) is 16.0. The van der Waals surface area contributed by atoms with E-state index in [-0.39, 0.29) is 0 Å². The molecule has 0 spiro atoms. The number of pyridine rings is 1. The van der Waals surface area contributed by atoms with Gasteiger partial charge in [0.2, 0.25) is 5.95 Å². The van der Waals surface area contributed by atoms with Crippen molar-refractivity contribution in [2.45, 2.75) is 27.3 Å². The number of nitrogens with one attached hydrogen (secondary N) is 2. The van der Waals surface area contributed by atoms with E-state index in [4.69, 9.17) is 9.97 Å². The molecule has 2 N–H and O–H groups in total. The quantitative estimate of drug-likeness (QED) is 0.402. The first-order valence-electron chi connectivity index (χ1n) is 10.9. The lowest BCUT2D eigenvalue weighted by molar-refractivity contribution is 0.388. The van der Waals surface area contributed by atoms with Crippen molar-refractivity contribution in [3.8, 4) is 22.5 Å². The number of aromatic amines is 1. The molecule has 2 aromatic carbocycles. The second-order valence-corrected chi connectivity index (χ2v) is 7.99. The Morgan fingerprint density at radius 1 is 1.03 bits per heavy atom. The highest BCUT2D eigenvalue weighted by atomic mass is 16.5. The Hall–Kier alpha value is -4.20. The van der Waals surface area contributed by atoms with Crippen LogP contribution < -0.4 is 11.1 Å².